The normalized spacial score (nSPS) is 15.5. The fourth-order valence-electron chi connectivity index (χ4n) is 3.80. The van der Waals surface area contributed by atoms with Crippen molar-refractivity contribution < 1.29 is 14.2 Å². The smallest absolute Gasteiger partial charge is 0.164 e. The van der Waals surface area contributed by atoms with Crippen LogP contribution in [0.3, 0.4) is 0 Å². The lowest BCUT2D eigenvalue weighted by Crippen LogP contribution is -2.45. The Kier molecular flexibility index (Phi) is 7.96. The highest BCUT2D eigenvalue weighted by Crippen LogP contribution is 2.41. The van der Waals surface area contributed by atoms with Crippen molar-refractivity contribution in [3.8, 4) is 17.2 Å². The van der Waals surface area contributed by atoms with Gasteiger partial charge in [0.2, 0.25) is 0 Å². The van der Waals surface area contributed by atoms with Gasteiger partial charge >= 0.3 is 0 Å². The fraction of sp³-hybridized carbons (Fsp3) is 0.417. The first-order valence-corrected chi connectivity index (χ1v) is 10.2. The van der Waals surface area contributed by atoms with Crippen LogP contribution < -0.4 is 19.5 Å². The highest BCUT2D eigenvalue weighted by molar-refractivity contribution is 5.52. The van der Waals surface area contributed by atoms with Gasteiger partial charge in [0.15, 0.2) is 11.5 Å². The molecule has 0 amide bonds. The maximum Gasteiger partial charge on any atom is 0.164 e. The van der Waals surface area contributed by atoms with Crippen molar-refractivity contribution >= 4 is 0 Å². The highest BCUT2D eigenvalue weighted by atomic mass is 16.5. The lowest BCUT2D eigenvalue weighted by molar-refractivity contribution is 0.161. The number of methoxy groups -OCH3 is 2. The van der Waals surface area contributed by atoms with E-state index < -0.39 is 0 Å². The number of allylic oxidation sites excluding steroid dienone is 1. The summed E-state index contributed by atoms with van der Waals surface area (Å²) in [6, 6.07) is 14.5. The van der Waals surface area contributed by atoms with Crippen molar-refractivity contribution in [1.82, 2.24) is 10.2 Å². The average Bonchev–Trinajstić information content (AvgIpc) is 2.79. The van der Waals surface area contributed by atoms with Gasteiger partial charge < -0.3 is 19.5 Å². The van der Waals surface area contributed by atoms with Crippen molar-refractivity contribution in [3.05, 3.63) is 66.2 Å². The van der Waals surface area contributed by atoms with E-state index >= 15 is 0 Å². The maximum absolute atomic E-state index is 6.31. The summed E-state index contributed by atoms with van der Waals surface area (Å²) in [6.45, 7) is 8.45. The van der Waals surface area contributed by atoms with Crippen LogP contribution in [-0.4, -0.2) is 45.3 Å². The third kappa shape index (κ3) is 5.52. The Morgan fingerprint density at radius 2 is 1.72 bits per heavy atom. The van der Waals surface area contributed by atoms with Gasteiger partial charge in [0.1, 0.15) is 12.4 Å². The quantitative estimate of drug-likeness (QED) is 0.610. The highest BCUT2D eigenvalue weighted by Gasteiger charge is 2.26. The minimum absolute atomic E-state index is 0.237. The minimum atomic E-state index is 0.237. The molecule has 5 nitrogen and oxygen atoms in total. The Labute approximate surface area is 174 Å². The first kappa shape index (κ1) is 21.2. The number of hydrogen-bond donors (Lipinski definition) is 1. The molecule has 1 N–H and O–H groups in total. The molecule has 1 aliphatic heterocycles. The molecule has 1 aliphatic rings. The molecule has 0 aliphatic carbocycles. The zero-order valence-corrected chi connectivity index (χ0v) is 17.5. The van der Waals surface area contributed by atoms with Gasteiger partial charge in [0, 0.05) is 43.9 Å². The number of benzene rings is 2. The predicted octanol–water partition coefficient (Wildman–Crippen LogP) is 4.20. The summed E-state index contributed by atoms with van der Waals surface area (Å²) in [4.78, 5) is 2.52. The van der Waals surface area contributed by atoms with Gasteiger partial charge in [-0.3, -0.25) is 4.90 Å². The predicted molar refractivity (Wildman–Crippen MR) is 117 cm³/mol. The van der Waals surface area contributed by atoms with Crippen LogP contribution in [0.1, 0.15) is 30.0 Å². The van der Waals surface area contributed by atoms with E-state index in [1.165, 1.54) is 0 Å². The molecule has 0 aromatic heterocycles. The summed E-state index contributed by atoms with van der Waals surface area (Å²) in [5.41, 5.74) is 2.28. The average molecular weight is 397 g/mol. The SMILES string of the molecule is C=CCC[C@@H](c1cc(OC)c(OC)cc1OCc1ccccc1)N1CCNCC1. The van der Waals surface area contributed by atoms with E-state index in [-0.39, 0.29) is 6.04 Å². The Hall–Kier alpha value is -2.50. The molecule has 1 saturated heterocycles. The maximum atomic E-state index is 6.31. The van der Waals surface area contributed by atoms with Gasteiger partial charge in [0.25, 0.3) is 0 Å². The molecule has 3 rings (SSSR count). The van der Waals surface area contributed by atoms with E-state index in [9.17, 15) is 0 Å². The van der Waals surface area contributed by atoms with Gasteiger partial charge in [-0.1, -0.05) is 36.4 Å². The molecule has 156 valence electrons. The molecule has 1 fully saturated rings. The van der Waals surface area contributed by atoms with Crippen LogP contribution in [-0.2, 0) is 6.61 Å². The van der Waals surface area contributed by atoms with Crippen LogP contribution in [0, 0.1) is 0 Å². The van der Waals surface area contributed by atoms with E-state index in [2.05, 4.69) is 35.0 Å². The topological polar surface area (TPSA) is 43.0 Å². The molecule has 1 atom stereocenters. The number of hydrogen-bond acceptors (Lipinski definition) is 5. The molecule has 0 bridgehead atoms. The van der Waals surface area contributed by atoms with Crippen molar-refractivity contribution in [3.63, 3.8) is 0 Å². The van der Waals surface area contributed by atoms with E-state index in [0.29, 0.717) is 12.4 Å². The Morgan fingerprint density at radius 1 is 1.03 bits per heavy atom. The summed E-state index contributed by atoms with van der Waals surface area (Å²) in [5.74, 6) is 2.26. The Bertz CT molecular complexity index is 773. The molecule has 2 aromatic rings. The zero-order valence-electron chi connectivity index (χ0n) is 17.5. The first-order valence-electron chi connectivity index (χ1n) is 10.2. The summed E-state index contributed by atoms with van der Waals surface area (Å²) in [7, 11) is 3.33. The molecule has 0 unspecified atom stereocenters. The van der Waals surface area contributed by atoms with E-state index in [1.54, 1.807) is 14.2 Å². The largest absolute Gasteiger partial charge is 0.493 e. The molecule has 2 aromatic carbocycles. The van der Waals surface area contributed by atoms with Gasteiger partial charge in [-0.25, -0.2) is 0 Å². The second-order valence-corrected chi connectivity index (χ2v) is 7.19. The molecule has 0 radical (unpaired) electrons. The molecule has 5 heteroatoms. The lowest BCUT2D eigenvalue weighted by Gasteiger charge is -2.36. The second-order valence-electron chi connectivity index (χ2n) is 7.19. The molecular weight excluding hydrogens is 364 g/mol. The number of piperazine rings is 1. The third-order valence-electron chi connectivity index (χ3n) is 5.35. The third-order valence-corrected chi connectivity index (χ3v) is 5.35. The van der Waals surface area contributed by atoms with Crippen molar-refractivity contribution in [2.24, 2.45) is 0 Å². The first-order chi connectivity index (χ1) is 14.3. The lowest BCUT2D eigenvalue weighted by atomic mass is 9.97. The van der Waals surface area contributed by atoms with Gasteiger partial charge in [-0.15, -0.1) is 6.58 Å². The van der Waals surface area contributed by atoms with E-state index in [0.717, 1.165) is 61.6 Å². The number of nitrogens with zero attached hydrogens (tertiary/aromatic N) is 1. The minimum Gasteiger partial charge on any atom is -0.493 e. The van der Waals surface area contributed by atoms with Gasteiger partial charge in [-0.2, -0.15) is 0 Å². The zero-order chi connectivity index (χ0) is 20.5. The summed E-state index contributed by atoms with van der Waals surface area (Å²) < 4.78 is 17.5. The van der Waals surface area contributed by atoms with Crippen molar-refractivity contribution in [2.45, 2.75) is 25.5 Å². The van der Waals surface area contributed by atoms with Gasteiger partial charge in [-0.05, 0) is 24.5 Å². The van der Waals surface area contributed by atoms with Crippen LogP contribution in [0.2, 0.25) is 0 Å². The van der Waals surface area contributed by atoms with Crippen LogP contribution in [0.5, 0.6) is 17.2 Å². The Morgan fingerprint density at radius 3 is 2.38 bits per heavy atom. The van der Waals surface area contributed by atoms with Crippen LogP contribution in [0.15, 0.2) is 55.1 Å². The molecular formula is C24H32N2O3. The van der Waals surface area contributed by atoms with Crippen LogP contribution in [0.4, 0.5) is 0 Å². The monoisotopic (exact) mass is 396 g/mol. The number of rotatable bonds is 10. The van der Waals surface area contributed by atoms with Gasteiger partial charge in [0.05, 0.1) is 14.2 Å². The summed E-state index contributed by atoms with van der Waals surface area (Å²) in [5, 5.41) is 3.44. The van der Waals surface area contributed by atoms with E-state index in [4.69, 9.17) is 14.2 Å². The molecule has 1 heterocycles. The Balaban J connectivity index is 1.96. The summed E-state index contributed by atoms with van der Waals surface area (Å²) >= 11 is 0. The van der Waals surface area contributed by atoms with E-state index in [1.807, 2.05) is 30.3 Å². The van der Waals surface area contributed by atoms with Crippen LogP contribution >= 0.6 is 0 Å². The van der Waals surface area contributed by atoms with Crippen LogP contribution in [0.25, 0.3) is 0 Å². The standard InChI is InChI=1S/C24H32N2O3/c1-4-5-11-21(26-14-12-25-13-15-26)20-16-23(27-2)24(28-3)17-22(20)29-18-19-9-7-6-8-10-19/h4,6-10,16-17,21,25H,1,5,11-15,18H2,2-3H3/t21-/m0/s1. The molecule has 0 saturated carbocycles. The number of ether oxygens (including phenoxy) is 3. The molecule has 0 spiro atoms. The van der Waals surface area contributed by atoms with Crippen molar-refractivity contribution in [2.75, 3.05) is 40.4 Å². The summed E-state index contributed by atoms with van der Waals surface area (Å²) in [6.07, 6.45) is 3.92. The number of nitrogens with one attached hydrogen (secondary N) is 1. The fourth-order valence-corrected chi connectivity index (χ4v) is 3.80. The van der Waals surface area contributed by atoms with Crippen molar-refractivity contribution in [1.29, 1.82) is 0 Å². The molecule has 29 heavy (non-hydrogen) atoms. The second kappa shape index (κ2) is 10.9.